The van der Waals surface area contributed by atoms with Crippen molar-refractivity contribution in [2.45, 2.75) is 25.3 Å². The Morgan fingerprint density at radius 3 is 2.79 bits per heavy atom. The lowest BCUT2D eigenvalue weighted by Crippen LogP contribution is -2.45. The van der Waals surface area contributed by atoms with Gasteiger partial charge in [0.1, 0.15) is 30.6 Å². The molecule has 7 nitrogen and oxygen atoms in total. The molecule has 29 heavy (non-hydrogen) atoms. The Balaban J connectivity index is 2.11. The molecule has 0 bridgehead atoms. The van der Waals surface area contributed by atoms with Crippen LogP contribution in [0.3, 0.4) is 0 Å². The van der Waals surface area contributed by atoms with E-state index in [9.17, 15) is 18.0 Å². The smallest absolute Gasteiger partial charge is 0.299 e. The van der Waals surface area contributed by atoms with Gasteiger partial charge < -0.3 is 15.4 Å². The monoisotopic (exact) mass is 429 g/mol. The maximum Gasteiger partial charge on any atom is 0.299 e. The second kappa shape index (κ2) is 7.68. The fraction of sp³-hybridized carbons (Fsp3) is 0.389. The molecule has 1 aromatic heterocycles. The van der Waals surface area contributed by atoms with Crippen molar-refractivity contribution in [3.63, 3.8) is 0 Å². The molecule has 1 atom stereocenters. The molecule has 0 radical (unpaired) electrons. The fourth-order valence-electron chi connectivity index (χ4n) is 3.14. The van der Waals surface area contributed by atoms with E-state index in [-0.39, 0.29) is 35.4 Å². The van der Waals surface area contributed by atoms with Crippen LogP contribution in [0, 0.1) is 5.82 Å². The topological polar surface area (TPSA) is 96.6 Å². The van der Waals surface area contributed by atoms with Crippen molar-refractivity contribution in [3.8, 4) is 0 Å². The van der Waals surface area contributed by atoms with Crippen LogP contribution in [0.15, 0.2) is 29.4 Å². The fourth-order valence-corrected chi connectivity index (χ4v) is 3.31. The molecule has 0 unspecified atom stereocenters. The maximum absolute atomic E-state index is 14.8. The number of amidine groups is 1. The average Bonchev–Trinajstić information content (AvgIpc) is 3.04. The van der Waals surface area contributed by atoms with Gasteiger partial charge in [0.15, 0.2) is 5.54 Å². The van der Waals surface area contributed by atoms with Crippen molar-refractivity contribution in [1.29, 1.82) is 0 Å². The van der Waals surface area contributed by atoms with Crippen LogP contribution in [0.5, 0.6) is 0 Å². The van der Waals surface area contributed by atoms with Gasteiger partial charge in [-0.05, 0) is 32.0 Å². The molecule has 3 N–H and O–H groups in total. The Kier molecular flexibility index (Phi) is 5.59. The molecular formula is C18H19ClF3N5O2. The van der Waals surface area contributed by atoms with Gasteiger partial charge >= 0.3 is 0 Å². The summed E-state index contributed by atoms with van der Waals surface area (Å²) >= 11 is 5.95. The van der Waals surface area contributed by atoms with Crippen molar-refractivity contribution in [3.05, 3.63) is 46.5 Å². The van der Waals surface area contributed by atoms with E-state index in [1.807, 2.05) is 0 Å². The number of nitrogens with one attached hydrogen (secondary N) is 1. The minimum Gasteiger partial charge on any atom is -0.385 e. The van der Waals surface area contributed by atoms with Crippen molar-refractivity contribution in [2.75, 3.05) is 24.7 Å². The molecule has 0 saturated carbocycles. The van der Waals surface area contributed by atoms with Crippen molar-refractivity contribution in [2.24, 2.45) is 10.7 Å². The molecule has 1 aromatic carbocycles. The normalized spacial score (nSPS) is 21.4. The zero-order chi connectivity index (χ0) is 21.4. The van der Waals surface area contributed by atoms with Gasteiger partial charge in [-0.2, -0.15) is 5.10 Å². The molecule has 2 aromatic rings. The molecule has 0 saturated heterocycles. The van der Waals surface area contributed by atoms with Crippen LogP contribution >= 0.6 is 11.6 Å². The Hall–Kier alpha value is -2.59. The number of aromatic amines is 1. The number of aromatic nitrogens is 2. The third kappa shape index (κ3) is 3.69. The first kappa shape index (κ1) is 21.1. The van der Waals surface area contributed by atoms with E-state index in [1.54, 1.807) is 6.92 Å². The van der Waals surface area contributed by atoms with Gasteiger partial charge in [0.25, 0.3) is 11.8 Å². The number of nitrogens with zero attached hydrogens (tertiary/aromatic N) is 3. The van der Waals surface area contributed by atoms with E-state index >= 15 is 0 Å². The molecule has 11 heteroatoms. The predicted octanol–water partition coefficient (Wildman–Crippen LogP) is 3.11. The zero-order valence-corrected chi connectivity index (χ0v) is 16.4. The Labute approximate surface area is 169 Å². The number of anilines is 1. The van der Waals surface area contributed by atoms with Crippen LogP contribution in [0.25, 0.3) is 0 Å². The summed E-state index contributed by atoms with van der Waals surface area (Å²) in [5.74, 6) is -5.17. The number of hydrogen-bond acceptors (Lipinski definition) is 5. The zero-order valence-electron chi connectivity index (χ0n) is 15.7. The Bertz CT molecular complexity index is 965. The second-order valence-electron chi connectivity index (χ2n) is 6.68. The molecule has 0 spiro atoms. The summed E-state index contributed by atoms with van der Waals surface area (Å²) in [5.41, 5.74) is 3.15. The summed E-state index contributed by atoms with van der Waals surface area (Å²) in [4.78, 5) is 17.9. The van der Waals surface area contributed by atoms with Crippen LogP contribution in [0.1, 0.15) is 29.9 Å². The molecule has 156 valence electrons. The summed E-state index contributed by atoms with van der Waals surface area (Å²) in [6.07, 6.45) is 1.27. The number of H-pyrrole nitrogens is 1. The summed E-state index contributed by atoms with van der Waals surface area (Å²) in [6.45, 7) is 1.67. The predicted molar refractivity (Wildman–Crippen MR) is 102 cm³/mol. The number of halogens is 4. The minimum atomic E-state index is -3.54. The van der Waals surface area contributed by atoms with Crippen molar-refractivity contribution < 1.29 is 22.7 Å². The number of benzene rings is 1. The van der Waals surface area contributed by atoms with Crippen molar-refractivity contribution in [1.82, 2.24) is 10.2 Å². The summed E-state index contributed by atoms with van der Waals surface area (Å²) < 4.78 is 49.2. The lowest BCUT2D eigenvalue weighted by atomic mass is 9.85. The van der Waals surface area contributed by atoms with Crippen molar-refractivity contribution >= 4 is 29.0 Å². The maximum atomic E-state index is 14.8. The minimum absolute atomic E-state index is 0.0288. The van der Waals surface area contributed by atoms with Crippen LogP contribution in [-0.2, 0) is 10.3 Å². The molecule has 3 rings (SSSR count). The number of carbonyl (C=O) groups is 1. The Morgan fingerprint density at radius 1 is 1.45 bits per heavy atom. The quantitative estimate of drug-likeness (QED) is 0.780. The molecule has 0 fully saturated rings. The first-order chi connectivity index (χ1) is 13.6. The highest BCUT2D eigenvalue weighted by atomic mass is 35.5. The van der Waals surface area contributed by atoms with Crippen LogP contribution in [0.4, 0.5) is 18.9 Å². The number of alkyl halides is 2. The summed E-state index contributed by atoms with van der Waals surface area (Å²) in [5, 5.41) is 6.29. The summed E-state index contributed by atoms with van der Waals surface area (Å²) in [6, 6.07) is 3.48. The highest BCUT2D eigenvalue weighted by Crippen LogP contribution is 2.44. The van der Waals surface area contributed by atoms with Crippen LogP contribution in [-0.4, -0.2) is 47.6 Å². The van der Waals surface area contributed by atoms with E-state index in [4.69, 9.17) is 22.1 Å². The second-order valence-corrected chi connectivity index (χ2v) is 7.09. The van der Waals surface area contributed by atoms with Gasteiger partial charge in [-0.15, -0.1) is 0 Å². The van der Waals surface area contributed by atoms with E-state index in [0.29, 0.717) is 0 Å². The molecule has 1 amide bonds. The van der Waals surface area contributed by atoms with Gasteiger partial charge in [0.2, 0.25) is 0 Å². The standard InChI is InChI=1S/C18H19ClF3N5O2/c1-3-27(16(28)15-12(19)7-24-26-15)10-4-5-13(20)11(6-10)17(2)18(21,22)9-29-8-14(23)25-17/h4-7H,3,8-9H2,1-2H3,(H2,23,25)(H,24,26)/t17-/m1/s1. The van der Waals surface area contributed by atoms with Gasteiger partial charge in [-0.1, -0.05) is 11.6 Å². The number of nitrogens with two attached hydrogens (primary N) is 1. The molecule has 2 heterocycles. The lowest BCUT2D eigenvalue weighted by molar-refractivity contribution is -0.116. The van der Waals surface area contributed by atoms with E-state index in [2.05, 4.69) is 15.2 Å². The first-order valence-corrected chi connectivity index (χ1v) is 9.09. The van der Waals surface area contributed by atoms with Gasteiger partial charge in [-0.3, -0.25) is 14.9 Å². The third-order valence-electron chi connectivity index (χ3n) is 4.77. The molecule has 1 aliphatic rings. The molecular weight excluding hydrogens is 411 g/mol. The third-order valence-corrected chi connectivity index (χ3v) is 5.05. The number of carbonyl (C=O) groups excluding carboxylic acids is 1. The average molecular weight is 430 g/mol. The van der Waals surface area contributed by atoms with Gasteiger partial charge in [0, 0.05) is 17.8 Å². The SMILES string of the molecule is CCN(C(=O)c1[nH]ncc1Cl)c1ccc(F)c([C@@]2(C)N=C(N)COCC2(F)F)c1. The van der Waals surface area contributed by atoms with Gasteiger partial charge in [0.05, 0.1) is 11.2 Å². The highest BCUT2D eigenvalue weighted by molar-refractivity contribution is 6.34. The number of hydrogen-bond donors (Lipinski definition) is 2. The number of aliphatic imine (C=N–C) groups is 1. The molecule has 0 aliphatic carbocycles. The highest BCUT2D eigenvalue weighted by Gasteiger charge is 2.54. The molecule has 1 aliphatic heterocycles. The van der Waals surface area contributed by atoms with Crippen LogP contribution < -0.4 is 10.6 Å². The van der Waals surface area contributed by atoms with E-state index in [1.165, 1.54) is 17.2 Å². The number of ether oxygens (including phenoxy) is 1. The largest absolute Gasteiger partial charge is 0.385 e. The van der Waals surface area contributed by atoms with Gasteiger partial charge in [-0.25, -0.2) is 13.2 Å². The lowest BCUT2D eigenvalue weighted by Gasteiger charge is -2.34. The van der Waals surface area contributed by atoms with Crippen LogP contribution in [0.2, 0.25) is 5.02 Å². The Morgan fingerprint density at radius 2 is 2.17 bits per heavy atom. The van der Waals surface area contributed by atoms with E-state index < -0.39 is 35.4 Å². The first-order valence-electron chi connectivity index (χ1n) is 8.71. The van der Waals surface area contributed by atoms with E-state index in [0.717, 1.165) is 19.1 Å². The summed E-state index contributed by atoms with van der Waals surface area (Å²) in [7, 11) is 0. The number of rotatable bonds is 4. The number of amides is 1.